The second kappa shape index (κ2) is 6.22. The van der Waals surface area contributed by atoms with Gasteiger partial charge >= 0.3 is 0 Å². The van der Waals surface area contributed by atoms with E-state index in [1.807, 2.05) is 11.7 Å². The number of hydrogen-bond donors (Lipinski definition) is 1. The maximum atomic E-state index is 6.33. The molecule has 1 aromatic heterocycles. The Morgan fingerprint density at radius 3 is 2.84 bits per heavy atom. The molecule has 0 bridgehead atoms. The lowest BCUT2D eigenvalue weighted by Crippen LogP contribution is -2.46. The van der Waals surface area contributed by atoms with Crippen LogP contribution in [-0.2, 0) is 4.74 Å². The van der Waals surface area contributed by atoms with Crippen LogP contribution in [0.15, 0.2) is 6.20 Å². The van der Waals surface area contributed by atoms with E-state index in [-0.39, 0.29) is 18.2 Å². The minimum absolute atomic E-state index is 0.0557. The molecule has 108 valence electrons. The summed E-state index contributed by atoms with van der Waals surface area (Å²) in [6, 6.07) is 0.333. The molecule has 1 fully saturated rings. The highest BCUT2D eigenvalue weighted by Gasteiger charge is 2.31. The van der Waals surface area contributed by atoms with Crippen molar-refractivity contribution in [3.8, 4) is 0 Å². The summed E-state index contributed by atoms with van der Waals surface area (Å²) in [5.41, 5.74) is 1.01. The van der Waals surface area contributed by atoms with Gasteiger partial charge in [0, 0.05) is 19.1 Å². The van der Waals surface area contributed by atoms with Crippen molar-refractivity contribution in [1.29, 1.82) is 0 Å². The van der Waals surface area contributed by atoms with Crippen LogP contribution >= 0.6 is 11.6 Å². The predicted octanol–water partition coefficient (Wildman–Crippen LogP) is 1.71. The van der Waals surface area contributed by atoms with E-state index in [0.29, 0.717) is 5.02 Å². The van der Waals surface area contributed by atoms with Gasteiger partial charge in [-0.3, -0.25) is 4.68 Å². The van der Waals surface area contributed by atoms with Crippen molar-refractivity contribution >= 4 is 11.6 Å². The lowest BCUT2D eigenvalue weighted by atomic mass is 10.1. The first-order valence-electron chi connectivity index (χ1n) is 6.75. The van der Waals surface area contributed by atoms with Crippen LogP contribution in [0.3, 0.4) is 0 Å². The molecule has 0 aliphatic carbocycles. The Morgan fingerprint density at radius 2 is 2.26 bits per heavy atom. The Balaban J connectivity index is 2.28. The highest BCUT2D eigenvalue weighted by atomic mass is 35.5. The Hall–Kier alpha value is -0.620. The third-order valence-electron chi connectivity index (χ3n) is 3.55. The summed E-state index contributed by atoms with van der Waals surface area (Å²) in [6.45, 7) is 6.84. The van der Waals surface area contributed by atoms with Crippen LogP contribution in [0.5, 0.6) is 0 Å². The Labute approximate surface area is 119 Å². The first kappa shape index (κ1) is 14.8. The number of hydrogen-bond acceptors (Lipinski definition) is 4. The molecule has 19 heavy (non-hydrogen) atoms. The van der Waals surface area contributed by atoms with Crippen molar-refractivity contribution in [3.63, 3.8) is 0 Å². The van der Waals surface area contributed by atoms with Gasteiger partial charge in [-0.25, -0.2) is 0 Å². The topological polar surface area (TPSA) is 42.3 Å². The molecule has 6 heteroatoms. The molecule has 1 aromatic rings. The van der Waals surface area contributed by atoms with Gasteiger partial charge in [-0.1, -0.05) is 11.6 Å². The third kappa shape index (κ3) is 3.11. The quantitative estimate of drug-likeness (QED) is 0.915. The fourth-order valence-electron chi connectivity index (χ4n) is 2.56. The number of halogens is 1. The molecule has 1 N–H and O–H groups in total. The second-order valence-electron chi connectivity index (χ2n) is 5.35. The van der Waals surface area contributed by atoms with E-state index in [1.165, 1.54) is 0 Å². The Bertz CT molecular complexity index is 421. The largest absolute Gasteiger partial charge is 0.374 e. The summed E-state index contributed by atoms with van der Waals surface area (Å²) in [5, 5.41) is 8.41. The molecule has 0 amide bonds. The van der Waals surface area contributed by atoms with Gasteiger partial charge in [-0.15, -0.1) is 0 Å². The average Bonchev–Trinajstić information content (AvgIpc) is 2.73. The summed E-state index contributed by atoms with van der Waals surface area (Å²) in [5.74, 6) is 0. The van der Waals surface area contributed by atoms with E-state index in [9.17, 15) is 0 Å². The van der Waals surface area contributed by atoms with Crippen LogP contribution in [0.25, 0.3) is 0 Å². The van der Waals surface area contributed by atoms with Crippen LogP contribution in [-0.4, -0.2) is 54.6 Å². The number of morpholine rings is 1. The molecule has 5 nitrogen and oxygen atoms in total. The van der Waals surface area contributed by atoms with Gasteiger partial charge in [0.25, 0.3) is 0 Å². The minimum Gasteiger partial charge on any atom is -0.374 e. The van der Waals surface area contributed by atoms with Crippen molar-refractivity contribution in [2.45, 2.75) is 32.0 Å². The van der Waals surface area contributed by atoms with Gasteiger partial charge in [0.2, 0.25) is 0 Å². The monoisotopic (exact) mass is 286 g/mol. The molecular weight excluding hydrogens is 264 g/mol. The lowest BCUT2D eigenvalue weighted by molar-refractivity contribution is -0.0395. The third-order valence-corrected chi connectivity index (χ3v) is 3.84. The van der Waals surface area contributed by atoms with E-state index in [0.717, 1.165) is 25.4 Å². The first-order valence-corrected chi connectivity index (χ1v) is 7.12. The Morgan fingerprint density at radius 1 is 1.53 bits per heavy atom. The molecule has 2 heterocycles. The van der Waals surface area contributed by atoms with Crippen molar-refractivity contribution in [2.75, 3.05) is 33.8 Å². The zero-order valence-electron chi connectivity index (χ0n) is 12.1. The van der Waals surface area contributed by atoms with Crippen LogP contribution in [0.2, 0.25) is 5.02 Å². The number of nitrogens with one attached hydrogen (secondary N) is 1. The molecule has 2 atom stereocenters. The zero-order chi connectivity index (χ0) is 14.0. The highest BCUT2D eigenvalue weighted by molar-refractivity contribution is 6.31. The van der Waals surface area contributed by atoms with E-state index in [2.05, 4.69) is 36.2 Å². The highest BCUT2D eigenvalue weighted by Crippen LogP contribution is 2.29. The SMILES string of the molecule is CNC(c1c(Cl)cnn1C(C)C)C1CN(C)CCO1. The van der Waals surface area contributed by atoms with E-state index in [1.54, 1.807) is 6.20 Å². The zero-order valence-corrected chi connectivity index (χ0v) is 12.8. The van der Waals surface area contributed by atoms with Crippen LogP contribution in [0.4, 0.5) is 0 Å². The van der Waals surface area contributed by atoms with Crippen molar-refractivity contribution < 1.29 is 4.74 Å². The number of rotatable bonds is 4. The van der Waals surface area contributed by atoms with Gasteiger partial charge in [0.1, 0.15) is 0 Å². The summed E-state index contributed by atoms with van der Waals surface area (Å²) >= 11 is 6.33. The Kier molecular flexibility index (Phi) is 4.84. The van der Waals surface area contributed by atoms with Gasteiger partial charge in [0.05, 0.1) is 35.7 Å². The van der Waals surface area contributed by atoms with Crippen LogP contribution in [0.1, 0.15) is 31.6 Å². The van der Waals surface area contributed by atoms with E-state index >= 15 is 0 Å². The molecule has 2 unspecified atom stereocenters. The van der Waals surface area contributed by atoms with Crippen LogP contribution < -0.4 is 5.32 Å². The summed E-state index contributed by atoms with van der Waals surface area (Å²) in [7, 11) is 4.06. The average molecular weight is 287 g/mol. The molecule has 1 aliphatic rings. The summed E-state index contributed by atoms with van der Waals surface area (Å²) in [4.78, 5) is 2.28. The van der Waals surface area contributed by atoms with Crippen molar-refractivity contribution in [2.24, 2.45) is 0 Å². The van der Waals surface area contributed by atoms with Gasteiger partial charge in [0.15, 0.2) is 0 Å². The maximum absolute atomic E-state index is 6.33. The van der Waals surface area contributed by atoms with Gasteiger partial charge in [-0.05, 0) is 27.9 Å². The smallest absolute Gasteiger partial charge is 0.0912 e. The molecular formula is C13H23ClN4O. The molecule has 0 radical (unpaired) electrons. The summed E-state index contributed by atoms with van der Waals surface area (Å²) < 4.78 is 7.88. The van der Waals surface area contributed by atoms with E-state index in [4.69, 9.17) is 16.3 Å². The van der Waals surface area contributed by atoms with E-state index < -0.39 is 0 Å². The predicted molar refractivity (Wildman–Crippen MR) is 76.7 cm³/mol. The fourth-order valence-corrected chi connectivity index (χ4v) is 2.81. The van der Waals surface area contributed by atoms with Crippen molar-refractivity contribution in [1.82, 2.24) is 20.0 Å². The molecule has 2 rings (SSSR count). The lowest BCUT2D eigenvalue weighted by Gasteiger charge is -2.35. The normalized spacial score (nSPS) is 22.9. The van der Waals surface area contributed by atoms with Crippen LogP contribution in [0, 0.1) is 0 Å². The number of aromatic nitrogens is 2. The second-order valence-corrected chi connectivity index (χ2v) is 5.76. The minimum atomic E-state index is 0.0557. The fraction of sp³-hybridized carbons (Fsp3) is 0.769. The maximum Gasteiger partial charge on any atom is 0.0912 e. The molecule has 0 spiro atoms. The number of nitrogens with zero attached hydrogens (tertiary/aromatic N) is 3. The molecule has 1 saturated heterocycles. The van der Waals surface area contributed by atoms with Gasteiger partial charge < -0.3 is 15.0 Å². The first-order chi connectivity index (χ1) is 9.04. The molecule has 0 aromatic carbocycles. The number of likely N-dealkylation sites (N-methyl/N-ethyl adjacent to an activating group) is 2. The standard InChI is InChI=1S/C13H23ClN4O/c1-9(2)18-13(10(14)7-16-18)12(15-3)11-8-17(4)5-6-19-11/h7,9,11-12,15H,5-6,8H2,1-4H3. The molecule has 0 saturated carbocycles. The number of ether oxygens (including phenoxy) is 1. The van der Waals surface area contributed by atoms with Gasteiger partial charge in [-0.2, -0.15) is 5.10 Å². The molecule has 1 aliphatic heterocycles. The van der Waals surface area contributed by atoms with Crippen molar-refractivity contribution in [3.05, 3.63) is 16.9 Å². The summed E-state index contributed by atoms with van der Waals surface area (Å²) in [6.07, 6.45) is 1.81.